The van der Waals surface area contributed by atoms with E-state index < -0.39 is 0 Å². The molecule has 4 fully saturated rings. The molecule has 0 spiro atoms. The molecule has 6 heteroatoms. The molecule has 2 aromatic heterocycles. The Balaban J connectivity index is 1.35. The average molecular weight is 386 g/mol. The van der Waals surface area contributed by atoms with Crippen LogP contribution in [0.3, 0.4) is 0 Å². The standard InChI is InChI=1S/C21H27N3O2S/c1-12-17(4-5-26-12)19-22-23-20(24(19)3)27-13(2)18(25)21-9-14-6-15(10-21)8-16(7-14)11-21/h4-5,13-16H,6-11H2,1-3H3. The minimum absolute atomic E-state index is 0.0518. The summed E-state index contributed by atoms with van der Waals surface area (Å²) >= 11 is 1.56. The van der Waals surface area contributed by atoms with Gasteiger partial charge in [0.05, 0.1) is 17.1 Å². The monoisotopic (exact) mass is 385 g/mol. The molecule has 4 aliphatic carbocycles. The van der Waals surface area contributed by atoms with Crippen molar-refractivity contribution in [2.75, 3.05) is 0 Å². The van der Waals surface area contributed by atoms with Gasteiger partial charge in [0.15, 0.2) is 16.8 Å². The molecule has 0 radical (unpaired) electrons. The summed E-state index contributed by atoms with van der Waals surface area (Å²) in [6.45, 7) is 3.99. The fraction of sp³-hybridized carbons (Fsp3) is 0.667. The smallest absolute Gasteiger partial charge is 0.191 e. The third-order valence-corrected chi connectivity index (χ3v) is 8.28. The summed E-state index contributed by atoms with van der Waals surface area (Å²) in [5, 5.41) is 9.43. The lowest BCUT2D eigenvalue weighted by Gasteiger charge is -2.56. The lowest BCUT2D eigenvalue weighted by molar-refractivity contribution is -0.142. The molecule has 0 aliphatic heterocycles. The van der Waals surface area contributed by atoms with Gasteiger partial charge in [0.1, 0.15) is 5.76 Å². The quantitative estimate of drug-likeness (QED) is 0.701. The molecule has 1 atom stereocenters. The predicted molar refractivity (Wildman–Crippen MR) is 104 cm³/mol. The van der Waals surface area contributed by atoms with Gasteiger partial charge in [-0.15, -0.1) is 10.2 Å². The largest absolute Gasteiger partial charge is 0.469 e. The van der Waals surface area contributed by atoms with Crippen LogP contribution in [0.4, 0.5) is 0 Å². The second-order valence-corrected chi connectivity index (χ2v) is 10.4. The van der Waals surface area contributed by atoms with Crippen molar-refractivity contribution in [2.24, 2.45) is 30.2 Å². The van der Waals surface area contributed by atoms with Crippen LogP contribution in [0.15, 0.2) is 21.9 Å². The normalized spacial score (nSPS) is 32.8. The van der Waals surface area contributed by atoms with Gasteiger partial charge in [-0.2, -0.15) is 0 Å². The topological polar surface area (TPSA) is 60.9 Å². The maximum atomic E-state index is 13.5. The van der Waals surface area contributed by atoms with Crippen LogP contribution in [0.5, 0.6) is 0 Å². The summed E-state index contributed by atoms with van der Waals surface area (Å²) in [6, 6.07) is 1.91. The minimum Gasteiger partial charge on any atom is -0.469 e. The summed E-state index contributed by atoms with van der Waals surface area (Å²) in [6.07, 6.45) is 9.15. The molecule has 27 heavy (non-hydrogen) atoms. The fourth-order valence-electron chi connectivity index (χ4n) is 6.32. The molecular weight excluding hydrogens is 358 g/mol. The Morgan fingerprint density at radius 3 is 2.41 bits per heavy atom. The van der Waals surface area contributed by atoms with Crippen molar-refractivity contribution in [2.45, 2.75) is 62.8 Å². The molecule has 6 rings (SSSR count). The number of ketones is 1. The molecule has 0 N–H and O–H groups in total. The van der Waals surface area contributed by atoms with E-state index in [1.165, 1.54) is 19.3 Å². The number of hydrogen-bond donors (Lipinski definition) is 0. The number of nitrogens with zero attached hydrogens (tertiary/aromatic N) is 3. The Bertz CT molecular complexity index is 849. The Hall–Kier alpha value is -1.56. The van der Waals surface area contributed by atoms with Crippen LogP contribution in [0.25, 0.3) is 11.4 Å². The number of carbonyl (C=O) groups excluding carboxylic acids is 1. The first-order chi connectivity index (χ1) is 12.9. The highest BCUT2D eigenvalue weighted by Gasteiger charge is 2.55. The second-order valence-electron chi connectivity index (χ2n) is 9.08. The fourth-order valence-corrected chi connectivity index (χ4v) is 7.33. The summed E-state index contributed by atoms with van der Waals surface area (Å²) in [7, 11) is 1.96. The van der Waals surface area contributed by atoms with E-state index in [0.717, 1.165) is 59.3 Å². The molecule has 4 aliphatic rings. The Labute approximate surface area is 164 Å². The van der Waals surface area contributed by atoms with Crippen LogP contribution in [-0.4, -0.2) is 25.8 Å². The summed E-state index contributed by atoms with van der Waals surface area (Å²) < 4.78 is 7.38. The molecule has 2 heterocycles. The number of hydrogen-bond acceptors (Lipinski definition) is 5. The van der Waals surface area contributed by atoms with Crippen molar-refractivity contribution in [3.63, 3.8) is 0 Å². The molecule has 2 aromatic rings. The first-order valence-electron chi connectivity index (χ1n) is 10.1. The third-order valence-electron chi connectivity index (χ3n) is 7.15. The van der Waals surface area contributed by atoms with Gasteiger partial charge in [-0.1, -0.05) is 11.8 Å². The van der Waals surface area contributed by atoms with Crippen LogP contribution in [0.2, 0.25) is 0 Å². The van der Waals surface area contributed by atoms with Crippen molar-refractivity contribution in [1.82, 2.24) is 14.8 Å². The van der Waals surface area contributed by atoms with E-state index in [9.17, 15) is 4.79 Å². The molecule has 4 saturated carbocycles. The van der Waals surface area contributed by atoms with E-state index in [2.05, 4.69) is 17.1 Å². The van der Waals surface area contributed by atoms with Crippen LogP contribution < -0.4 is 0 Å². The van der Waals surface area contributed by atoms with Gasteiger partial charge in [0.25, 0.3) is 0 Å². The van der Waals surface area contributed by atoms with Gasteiger partial charge in [-0.05, 0) is 76.2 Å². The van der Waals surface area contributed by atoms with Crippen LogP contribution in [0.1, 0.15) is 51.2 Å². The van der Waals surface area contributed by atoms with Crippen LogP contribution in [-0.2, 0) is 11.8 Å². The molecular formula is C21H27N3O2S. The van der Waals surface area contributed by atoms with E-state index in [0.29, 0.717) is 5.78 Å². The second kappa shape index (κ2) is 6.23. The highest BCUT2D eigenvalue weighted by Crippen LogP contribution is 2.61. The maximum absolute atomic E-state index is 13.5. The van der Waals surface area contributed by atoms with Crippen LogP contribution in [0, 0.1) is 30.1 Å². The first-order valence-corrected chi connectivity index (χ1v) is 11.0. The van der Waals surface area contributed by atoms with Gasteiger partial charge in [-0.25, -0.2) is 0 Å². The van der Waals surface area contributed by atoms with E-state index in [4.69, 9.17) is 4.42 Å². The lowest BCUT2D eigenvalue weighted by Crippen LogP contribution is -2.51. The summed E-state index contributed by atoms with van der Waals surface area (Å²) in [5.41, 5.74) is 0.904. The Kier molecular flexibility index (Phi) is 4.04. The summed E-state index contributed by atoms with van der Waals surface area (Å²) in [4.78, 5) is 13.5. The van der Waals surface area contributed by atoms with E-state index in [1.54, 1.807) is 18.0 Å². The molecule has 144 valence electrons. The number of aromatic nitrogens is 3. The maximum Gasteiger partial charge on any atom is 0.191 e. The zero-order chi connectivity index (χ0) is 18.8. The van der Waals surface area contributed by atoms with Crippen molar-refractivity contribution < 1.29 is 9.21 Å². The predicted octanol–water partition coefficient (Wildman–Crippen LogP) is 4.65. The number of aryl methyl sites for hydroxylation is 1. The summed E-state index contributed by atoms with van der Waals surface area (Å²) in [5.74, 6) is 4.46. The first kappa shape index (κ1) is 17.5. The molecule has 0 saturated heterocycles. The van der Waals surface area contributed by atoms with Crippen molar-refractivity contribution >= 4 is 17.5 Å². The Morgan fingerprint density at radius 2 is 1.85 bits per heavy atom. The zero-order valence-electron chi connectivity index (χ0n) is 16.3. The lowest BCUT2D eigenvalue weighted by atomic mass is 9.48. The minimum atomic E-state index is -0.0811. The molecule has 0 aromatic carbocycles. The van der Waals surface area contributed by atoms with Gasteiger partial charge < -0.3 is 8.98 Å². The number of Topliss-reactive ketones (excluding diaryl/α,β-unsaturated/α-hetero) is 1. The molecule has 0 amide bonds. The van der Waals surface area contributed by atoms with Crippen LogP contribution >= 0.6 is 11.8 Å². The van der Waals surface area contributed by atoms with Gasteiger partial charge >= 0.3 is 0 Å². The zero-order valence-corrected chi connectivity index (χ0v) is 17.1. The van der Waals surface area contributed by atoms with Gasteiger partial charge in [-0.3, -0.25) is 4.79 Å². The number of furan rings is 1. The van der Waals surface area contributed by atoms with Gasteiger partial charge in [0, 0.05) is 12.5 Å². The van der Waals surface area contributed by atoms with E-state index >= 15 is 0 Å². The van der Waals surface area contributed by atoms with Crippen molar-refractivity contribution in [3.05, 3.63) is 18.1 Å². The Morgan fingerprint density at radius 1 is 1.22 bits per heavy atom. The SMILES string of the molecule is Cc1occc1-c1nnc(SC(C)C(=O)C23CC4CC(CC(C4)C2)C3)n1C. The molecule has 1 unspecified atom stereocenters. The number of thioether (sulfide) groups is 1. The average Bonchev–Trinajstić information content (AvgIpc) is 3.19. The van der Waals surface area contributed by atoms with Gasteiger partial charge in [0.2, 0.25) is 0 Å². The third kappa shape index (κ3) is 2.79. The number of carbonyl (C=O) groups is 1. The molecule has 4 bridgehead atoms. The van der Waals surface area contributed by atoms with E-state index in [1.807, 2.05) is 24.6 Å². The van der Waals surface area contributed by atoms with E-state index in [-0.39, 0.29) is 10.7 Å². The highest BCUT2D eigenvalue weighted by molar-refractivity contribution is 8.00. The van der Waals surface area contributed by atoms with Crippen molar-refractivity contribution in [1.29, 1.82) is 0 Å². The van der Waals surface area contributed by atoms with Crippen molar-refractivity contribution in [3.8, 4) is 11.4 Å². The highest BCUT2D eigenvalue weighted by atomic mass is 32.2. The molecule has 5 nitrogen and oxygen atoms in total. The number of rotatable bonds is 5.